The van der Waals surface area contributed by atoms with Crippen molar-refractivity contribution in [2.45, 2.75) is 31.7 Å². The van der Waals surface area contributed by atoms with Crippen molar-refractivity contribution in [1.82, 2.24) is 10.6 Å². The van der Waals surface area contributed by atoms with Crippen LogP contribution >= 0.6 is 23.2 Å². The lowest BCUT2D eigenvalue weighted by atomic mass is 10.1. The standard InChI is InChI=1S/C14H14Cl2N2O3/c15-9-3-1-8(10(16)7-9)2-5-12(19)17-11-4-6-13(20)18-14(11)21/h1,3,7,11H,2,4-6H2,(H,17,19)(H,18,20,21). The van der Waals surface area contributed by atoms with E-state index in [9.17, 15) is 14.4 Å². The summed E-state index contributed by atoms with van der Waals surface area (Å²) in [5, 5.41) is 5.86. The lowest BCUT2D eigenvalue weighted by molar-refractivity contribution is -0.137. The van der Waals surface area contributed by atoms with Crippen molar-refractivity contribution in [3.05, 3.63) is 33.8 Å². The molecule has 1 aromatic carbocycles. The van der Waals surface area contributed by atoms with Gasteiger partial charge in [-0.1, -0.05) is 29.3 Å². The molecule has 2 N–H and O–H groups in total. The number of rotatable bonds is 4. The summed E-state index contributed by atoms with van der Waals surface area (Å²) in [6.45, 7) is 0. The Balaban J connectivity index is 1.85. The molecule has 21 heavy (non-hydrogen) atoms. The van der Waals surface area contributed by atoms with Gasteiger partial charge in [-0.25, -0.2) is 0 Å². The highest BCUT2D eigenvalue weighted by molar-refractivity contribution is 6.35. The molecule has 2 rings (SSSR count). The van der Waals surface area contributed by atoms with Gasteiger partial charge in [0.25, 0.3) is 0 Å². The predicted molar refractivity (Wildman–Crippen MR) is 79.1 cm³/mol. The third kappa shape index (κ3) is 4.44. The summed E-state index contributed by atoms with van der Waals surface area (Å²) in [4.78, 5) is 34.4. The van der Waals surface area contributed by atoms with Crippen LogP contribution in [0.3, 0.4) is 0 Å². The van der Waals surface area contributed by atoms with E-state index in [-0.39, 0.29) is 24.7 Å². The SMILES string of the molecule is O=C1CCC(NC(=O)CCc2ccc(Cl)cc2Cl)C(=O)N1. The third-order valence-electron chi connectivity index (χ3n) is 3.21. The van der Waals surface area contributed by atoms with Crippen molar-refractivity contribution < 1.29 is 14.4 Å². The molecule has 5 nitrogen and oxygen atoms in total. The van der Waals surface area contributed by atoms with Crippen LogP contribution in [0.25, 0.3) is 0 Å². The van der Waals surface area contributed by atoms with Gasteiger partial charge in [0, 0.05) is 22.9 Å². The second-order valence-electron chi connectivity index (χ2n) is 4.81. The summed E-state index contributed by atoms with van der Waals surface area (Å²) in [6, 6.07) is 4.46. The Morgan fingerprint density at radius 3 is 2.76 bits per heavy atom. The molecule has 1 fully saturated rings. The number of hydrogen-bond donors (Lipinski definition) is 2. The minimum atomic E-state index is -0.643. The maximum absolute atomic E-state index is 11.8. The second-order valence-corrected chi connectivity index (χ2v) is 5.65. The molecular weight excluding hydrogens is 315 g/mol. The first-order valence-electron chi connectivity index (χ1n) is 6.52. The summed E-state index contributed by atoms with van der Waals surface area (Å²) < 4.78 is 0. The van der Waals surface area contributed by atoms with Gasteiger partial charge in [-0.15, -0.1) is 0 Å². The molecule has 1 heterocycles. The van der Waals surface area contributed by atoms with Crippen LogP contribution in [-0.4, -0.2) is 23.8 Å². The van der Waals surface area contributed by atoms with Gasteiger partial charge in [0.15, 0.2) is 0 Å². The summed E-state index contributed by atoms with van der Waals surface area (Å²) in [6.07, 6.45) is 1.23. The Bertz CT molecular complexity index is 590. The van der Waals surface area contributed by atoms with Crippen LogP contribution in [-0.2, 0) is 20.8 Å². The maximum atomic E-state index is 11.8. The van der Waals surface area contributed by atoms with Crippen LogP contribution in [0.2, 0.25) is 10.0 Å². The molecule has 112 valence electrons. The Morgan fingerprint density at radius 1 is 1.33 bits per heavy atom. The topological polar surface area (TPSA) is 75.3 Å². The number of imide groups is 1. The van der Waals surface area contributed by atoms with Crippen LogP contribution in [0.1, 0.15) is 24.8 Å². The van der Waals surface area contributed by atoms with Crippen molar-refractivity contribution in [3.8, 4) is 0 Å². The fourth-order valence-electron chi connectivity index (χ4n) is 2.07. The van der Waals surface area contributed by atoms with E-state index in [2.05, 4.69) is 10.6 Å². The van der Waals surface area contributed by atoms with Gasteiger partial charge in [-0.2, -0.15) is 0 Å². The highest BCUT2D eigenvalue weighted by Crippen LogP contribution is 2.22. The number of halogens is 2. The van der Waals surface area contributed by atoms with Crippen LogP contribution < -0.4 is 10.6 Å². The second kappa shape index (κ2) is 6.91. The number of amides is 3. The van der Waals surface area contributed by atoms with E-state index in [1.165, 1.54) is 0 Å². The van der Waals surface area contributed by atoms with Crippen LogP contribution in [0.4, 0.5) is 0 Å². The summed E-state index contributed by atoms with van der Waals surface area (Å²) in [5.74, 6) is -1.02. The molecule has 0 radical (unpaired) electrons. The van der Waals surface area contributed by atoms with E-state index in [4.69, 9.17) is 23.2 Å². The van der Waals surface area contributed by atoms with Crippen molar-refractivity contribution in [1.29, 1.82) is 0 Å². The van der Waals surface area contributed by atoms with E-state index in [0.717, 1.165) is 5.56 Å². The van der Waals surface area contributed by atoms with E-state index in [1.807, 2.05) is 0 Å². The van der Waals surface area contributed by atoms with Crippen molar-refractivity contribution >= 4 is 40.9 Å². The Morgan fingerprint density at radius 2 is 2.10 bits per heavy atom. The van der Waals surface area contributed by atoms with Crippen LogP contribution in [0, 0.1) is 0 Å². The summed E-state index contributed by atoms with van der Waals surface area (Å²) >= 11 is 11.8. The third-order valence-corrected chi connectivity index (χ3v) is 3.80. The lowest BCUT2D eigenvalue weighted by Gasteiger charge is -2.21. The first-order valence-corrected chi connectivity index (χ1v) is 7.28. The fourth-order valence-corrected chi connectivity index (χ4v) is 2.57. The number of carbonyl (C=O) groups excluding carboxylic acids is 3. The lowest BCUT2D eigenvalue weighted by Crippen LogP contribution is -2.52. The highest BCUT2D eigenvalue weighted by Gasteiger charge is 2.27. The van der Waals surface area contributed by atoms with Crippen LogP contribution in [0.15, 0.2) is 18.2 Å². The Hall–Kier alpha value is -1.59. The molecule has 1 aliphatic heterocycles. The fraction of sp³-hybridized carbons (Fsp3) is 0.357. The molecular formula is C14H14Cl2N2O3. The minimum absolute atomic E-state index is 0.207. The Labute approximate surface area is 132 Å². The normalized spacial score (nSPS) is 18.3. The molecule has 7 heteroatoms. The zero-order valence-electron chi connectivity index (χ0n) is 11.1. The zero-order chi connectivity index (χ0) is 15.4. The van der Waals surface area contributed by atoms with Crippen LogP contribution in [0.5, 0.6) is 0 Å². The molecule has 1 aliphatic rings. The molecule has 0 saturated carbocycles. The predicted octanol–water partition coefficient (Wildman–Crippen LogP) is 1.85. The van der Waals surface area contributed by atoms with Gasteiger partial charge in [-0.05, 0) is 30.5 Å². The number of benzene rings is 1. The van der Waals surface area contributed by atoms with Gasteiger partial charge >= 0.3 is 0 Å². The quantitative estimate of drug-likeness (QED) is 0.828. The molecule has 0 spiro atoms. The summed E-state index contributed by atoms with van der Waals surface area (Å²) in [5.41, 5.74) is 0.819. The number of nitrogens with one attached hydrogen (secondary N) is 2. The van der Waals surface area contributed by atoms with Gasteiger partial charge in [0.2, 0.25) is 17.7 Å². The molecule has 0 aliphatic carbocycles. The van der Waals surface area contributed by atoms with E-state index in [0.29, 0.717) is 22.9 Å². The molecule has 3 amide bonds. The molecule has 1 atom stereocenters. The van der Waals surface area contributed by atoms with Crippen molar-refractivity contribution in [3.63, 3.8) is 0 Å². The van der Waals surface area contributed by atoms with Gasteiger partial charge in [-0.3, -0.25) is 19.7 Å². The maximum Gasteiger partial charge on any atom is 0.249 e. The highest BCUT2D eigenvalue weighted by atomic mass is 35.5. The number of carbonyl (C=O) groups is 3. The smallest absolute Gasteiger partial charge is 0.249 e. The zero-order valence-corrected chi connectivity index (χ0v) is 12.6. The number of hydrogen-bond acceptors (Lipinski definition) is 3. The molecule has 1 unspecified atom stereocenters. The number of piperidine rings is 1. The average molecular weight is 329 g/mol. The van der Waals surface area contributed by atoms with Crippen molar-refractivity contribution in [2.75, 3.05) is 0 Å². The Kier molecular flexibility index (Phi) is 5.20. The van der Waals surface area contributed by atoms with Gasteiger partial charge < -0.3 is 5.32 Å². The van der Waals surface area contributed by atoms with Crippen molar-refractivity contribution in [2.24, 2.45) is 0 Å². The monoisotopic (exact) mass is 328 g/mol. The molecule has 1 aromatic rings. The average Bonchev–Trinajstić information content (AvgIpc) is 2.41. The molecule has 0 bridgehead atoms. The van der Waals surface area contributed by atoms with E-state index < -0.39 is 11.9 Å². The first kappa shape index (κ1) is 15.8. The van der Waals surface area contributed by atoms with Gasteiger partial charge in [0.1, 0.15) is 6.04 Å². The van der Waals surface area contributed by atoms with E-state index >= 15 is 0 Å². The largest absolute Gasteiger partial charge is 0.344 e. The molecule has 1 saturated heterocycles. The first-order chi connectivity index (χ1) is 9.95. The molecule has 0 aromatic heterocycles. The minimum Gasteiger partial charge on any atom is -0.344 e. The van der Waals surface area contributed by atoms with E-state index in [1.54, 1.807) is 18.2 Å². The number of aryl methyl sites for hydroxylation is 1. The van der Waals surface area contributed by atoms with Gasteiger partial charge in [0.05, 0.1) is 0 Å². The summed E-state index contributed by atoms with van der Waals surface area (Å²) in [7, 11) is 0.